The topological polar surface area (TPSA) is 68.2 Å². The van der Waals surface area contributed by atoms with Crippen molar-refractivity contribution < 1.29 is 8.42 Å². The van der Waals surface area contributed by atoms with Crippen LogP contribution in [0.3, 0.4) is 0 Å². The first kappa shape index (κ1) is 18.9. The smallest absolute Gasteiger partial charge is 0.281 e. The first-order valence-electron chi connectivity index (χ1n) is 7.11. The quantitative estimate of drug-likeness (QED) is 0.644. The van der Waals surface area contributed by atoms with Crippen LogP contribution in [0.2, 0.25) is 0 Å². The summed E-state index contributed by atoms with van der Waals surface area (Å²) in [5.41, 5.74) is 0. The van der Waals surface area contributed by atoms with Gasteiger partial charge in [-0.05, 0) is 12.8 Å². The molecule has 0 saturated carbocycles. The fourth-order valence-electron chi connectivity index (χ4n) is 2.62. The molecular formula is C12H26IN5O2S. The highest BCUT2D eigenvalue weighted by molar-refractivity contribution is 14.0. The first-order chi connectivity index (χ1) is 9.43. The Morgan fingerprint density at radius 3 is 2.62 bits per heavy atom. The van der Waals surface area contributed by atoms with Crippen LogP contribution in [0.15, 0.2) is 4.99 Å². The number of likely N-dealkylation sites (N-methyl/N-ethyl adjacent to an activating group) is 1. The molecule has 1 unspecified atom stereocenters. The third-order valence-electron chi connectivity index (χ3n) is 3.89. The van der Waals surface area contributed by atoms with Gasteiger partial charge in [-0.3, -0.25) is 4.99 Å². The van der Waals surface area contributed by atoms with Crippen molar-refractivity contribution in [3.8, 4) is 0 Å². The average Bonchev–Trinajstić information content (AvgIpc) is 2.82. The number of halogens is 1. The van der Waals surface area contributed by atoms with Crippen molar-refractivity contribution in [2.75, 3.05) is 47.3 Å². The maximum atomic E-state index is 12.3. The first-order valence-corrected chi connectivity index (χ1v) is 8.51. The molecule has 0 aromatic heterocycles. The van der Waals surface area contributed by atoms with E-state index in [9.17, 15) is 8.42 Å². The number of nitrogens with one attached hydrogen (secondary N) is 1. The number of rotatable bonds is 4. The van der Waals surface area contributed by atoms with Gasteiger partial charge in [-0.25, -0.2) is 0 Å². The van der Waals surface area contributed by atoms with E-state index in [0.717, 1.165) is 38.3 Å². The molecular weight excluding hydrogens is 405 g/mol. The second-order valence-corrected chi connectivity index (χ2v) is 7.65. The van der Waals surface area contributed by atoms with Gasteiger partial charge in [0, 0.05) is 46.8 Å². The number of piperidine rings is 1. The molecule has 1 atom stereocenters. The third kappa shape index (κ3) is 4.42. The SMILES string of the molecule is CN1CCN=C1NCC1CCCCN1S(=O)(=O)N(C)C.I. The summed E-state index contributed by atoms with van der Waals surface area (Å²) < 4.78 is 27.6. The minimum absolute atomic E-state index is 0. The van der Waals surface area contributed by atoms with Crippen LogP contribution in [0, 0.1) is 0 Å². The van der Waals surface area contributed by atoms with Crippen LogP contribution in [0.4, 0.5) is 0 Å². The lowest BCUT2D eigenvalue weighted by Gasteiger charge is -2.36. The van der Waals surface area contributed by atoms with Crippen LogP contribution in [-0.2, 0) is 10.2 Å². The van der Waals surface area contributed by atoms with E-state index >= 15 is 0 Å². The molecule has 0 radical (unpaired) electrons. The molecule has 0 amide bonds. The molecule has 2 heterocycles. The van der Waals surface area contributed by atoms with Crippen molar-refractivity contribution in [2.45, 2.75) is 25.3 Å². The maximum absolute atomic E-state index is 12.3. The fraction of sp³-hybridized carbons (Fsp3) is 0.917. The summed E-state index contributed by atoms with van der Waals surface area (Å²) in [4.78, 5) is 6.44. The van der Waals surface area contributed by atoms with Gasteiger partial charge in [-0.15, -0.1) is 24.0 Å². The van der Waals surface area contributed by atoms with Gasteiger partial charge in [-0.2, -0.15) is 17.0 Å². The van der Waals surface area contributed by atoms with E-state index in [4.69, 9.17) is 0 Å². The maximum Gasteiger partial charge on any atom is 0.281 e. The van der Waals surface area contributed by atoms with Crippen LogP contribution >= 0.6 is 24.0 Å². The summed E-state index contributed by atoms with van der Waals surface area (Å²) in [5, 5.41) is 3.29. The molecule has 0 aromatic carbocycles. The molecule has 124 valence electrons. The Kier molecular flexibility index (Phi) is 7.14. The van der Waals surface area contributed by atoms with E-state index in [1.54, 1.807) is 18.4 Å². The van der Waals surface area contributed by atoms with Crippen molar-refractivity contribution in [3.63, 3.8) is 0 Å². The van der Waals surface area contributed by atoms with Crippen LogP contribution in [0.5, 0.6) is 0 Å². The number of aliphatic imine (C=N–C) groups is 1. The van der Waals surface area contributed by atoms with Crippen molar-refractivity contribution in [1.29, 1.82) is 0 Å². The number of hydrogen-bond donors (Lipinski definition) is 1. The van der Waals surface area contributed by atoms with Gasteiger partial charge in [0.15, 0.2) is 5.96 Å². The summed E-state index contributed by atoms with van der Waals surface area (Å²) in [6.45, 7) is 2.96. The predicted molar refractivity (Wildman–Crippen MR) is 95.3 cm³/mol. The van der Waals surface area contributed by atoms with Crippen LogP contribution < -0.4 is 5.32 Å². The molecule has 0 spiro atoms. The molecule has 21 heavy (non-hydrogen) atoms. The van der Waals surface area contributed by atoms with Crippen LogP contribution in [-0.4, -0.2) is 81.3 Å². The molecule has 9 heteroatoms. The zero-order chi connectivity index (χ0) is 14.8. The summed E-state index contributed by atoms with van der Waals surface area (Å²) >= 11 is 0. The van der Waals surface area contributed by atoms with Crippen LogP contribution in [0.1, 0.15) is 19.3 Å². The Morgan fingerprint density at radius 2 is 2.05 bits per heavy atom. The summed E-state index contributed by atoms with van der Waals surface area (Å²) in [6, 6.07) is 0.00727. The van der Waals surface area contributed by atoms with Gasteiger partial charge in [0.2, 0.25) is 0 Å². The molecule has 0 bridgehead atoms. The van der Waals surface area contributed by atoms with Crippen LogP contribution in [0.25, 0.3) is 0 Å². The number of hydrogen-bond acceptors (Lipinski definition) is 5. The van der Waals surface area contributed by atoms with Gasteiger partial charge >= 0.3 is 0 Å². The molecule has 1 saturated heterocycles. The van der Waals surface area contributed by atoms with E-state index in [2.05, 4.69) is 15.2 Å². The molecule has 2 aliphatic heterocycles. The van der Waals surface area contributed by atoms with Crippen molar-refractivity contribution >= 4 is 40.1 Å². The Balaban J connectivity index is 0.00000220. The summed E-state index contributed by atoms with van der Waals surface area (Å²) in [6.07, 6.45) is 2.91. The minimum atomic E-state index is -3.34. The second-order valence-electron chi connectivity index (χ2n) is 5.56. The van der Waals surface area contributed by atoms with Crippen molar-refractivity contribution in [3.05, 3.63) is 0 Å². The Morgan fingerprint density at radius 1 is 1.33 bits per heavy atom. The molecule has 7 nitrogen and oxygen atoms in total. The Labute approximate surface area is 145 Å². The van der Waals surface area contributed by atoms with Gasteiger partial charge in [-0.1, -0.05) is 6.42 Å². The van der Waals surface area contributed by atoms with E-state index in [0.29, 0.717) is 13.1 Å². The van der Waals surface area contributed by atoms with E-state index in [1.165, 1.54) is 4.31 Å². The van der Waals surface area contributed by atoms with E-state index in [1.807, 2.05) is 7.05 Å². The molecule has 0 aromatic rings. The zero-order valence-electron chi connectivity index (χ0n) is 12.9. The second kappa shape index (κ2) is 7.93. The number of nitrogens with zero attached hydrogens (tertiary/aromatic N) is 4. The van der Waals surface area contributed by atoms with Gasteiger partial charge in [0.1, 0.15) is 0 Å². The van der Waals surface area contributed by atoms with E-state index in [-0.39, 0.29) is 30.0 Å². The van der Waals surface area contributed by atoms with Gasteiger partial charge in [0.05, 0.1) is 6.54 Å². The minimum Gasteiger partial charge on any atom is -0.355 e. The lowest BCUT2D eigenvalue weighted by molar-refractivity contribution is 0.239. The lowest BCUT2D eigenvalue weighted by atomic mass is 10.1. The molecule has 2 rings (SSSR count). The highest BCUT2D eigenvalue weighted by Crippen LogP contribution is 2.21. The Bertz CT molecular complexity index is 468. The highest BCUT2D eigenvalue weighted by atomic mass is 127. The van der Waals surface area contributed by atoms with E-state index < -0.39 is 10.2 Å². The monoisotopic (exact) mass is 431 g/mol. The summed E-state index contributed by atoms with van der Waals surface area (Å²) in [5.74, 6) is 0.873. The Hall–Kier alpha value is -0.130. The molecule has 1 fully saturated rings. The normalized spacial score (nSPS) is 23.9. The molecule has 2 aliphatic rings. The fourth-order valence-corrected chi connectivity index (χ4v) is 3.96. The summed E-state index contributed by atoms with van der Waals surface area (Å²) in [7, 11) is 1.83. The van der Waals surface area contributed by atoms with Crippen molar-refractivity contribution in [2.24, 2.45) is 4.99 Å². The molecule has 1 N–H and O–H groups in total. The predicted octanol–water partition coefficient (Wildman–Crippen LogP) is 0.156. The largest absolute Gasteiger partial charge is 0.355 e. The number of guanidine groups is 1. The average molecular weight is 431 g/mol. The highest BCUT2D eigenvalue weighted by Gasteiger charge is 2.33. The van der Waals surface area contributed by atoms with Gasteiger partial charge < -0.3 is 10.2 Å². The zero-order valence-corrected chi connectivity index (χ0v) is 16.1. The molecule has 0 aliphatic carbocycles. The van der Waals surface area contributed by atoms with Gasteiger partial charge in [0.25, 0.3) is 10.2 Å². The standard InChI is InChI=1S/C12H25N5O2S.HI/c1-15(2)20(18,19)17-8-5-4-6-11(17)10-14-12-13-7-9-16(12)3;/h11H,4-10H2,1-3H3,(H,13,14);1H. The third-order valence-corrected chi connectivity index (χ3v) is 5.88. The lowest BCUT2D eigenvalue weighted by Crippen LogP contribution is -2.53. The van der Waals surface area contributed by atoms with Crippen molar-refractivity contribution in [1.82, 2.24) is 18.8 Å².